The van der Waals surface area contributed by atoms with E-state index in [-0.39, 0.29) is 18.1 Å². The van der Waals surface area contributed by atoms with Crippen molar-refractivity contribution in [3.8, 4) is 0 Å². The fraction of sp³-hybridized carbons (Fsp3) is 0.385. The van der Waals surface area contributed by atoms with Crippen molar-refractivity contribution >= 4 is 33.7 Å². The summed E-state index contributed by atoms with van der Waals surface area (Å²) in [5.74, 6) is -0.508. The zero-order chi connectivity index (χ0) is 13.2. The van der Waals surface area contributed by atoms with E-state index >= 15 is 0 Å². The van der Waals surface area contributed by atoms with Crippen LogP contribution >= 0.6 is 22.7 Å². The van der Waals surface area contributed by atoms with E-state index in [2.05, 4.69) is 10.3 Å². The molecular formula is C13H13FN2OS2. The van der Waals surface area contributed by atoms with Crippen molar-refractivity contribution in [1.82, 2.24) is 4.98 Å². The fourth-order valence-corrected chi connectivity index (χ4v) is 3.98. The molecule has 0 spiro atoms. The van der Waals surface area contributed by atoms with E-state index in [1.54, 1.807) is 16.7 Å². The van der Waals surface area contributed by atoms with E-state index in [0.29, 0.717) is 10.0 Å². The smallest absolute Gasteiger partial charge is 0.231 e. The highest BCUT2D eigenvalue weighted by Gasteiger charge is 2.17. The Bertz CT molecular complexity index is 582. The van der Waals surface area contributed by atoms with Crippen LogP contribution < -0.4 is 5.32 Å². The second kappa shape index (κ2) is 5.38. The van der Waals surface area contributed by atoms with Crippen molar-refractivity contribution < 1.29 is 9.18 Å². The summed E-state index contributed by atoms with van der Waals surface area (Å²) in [4.78, 5) is 18.0. The van der Waals surface area contributed by atoms with Crippen LogP contribution in [0.5, 0.6) is 0 Å². The maximum atomic E-state index is 13.3. The summed E-state index contributed by atoms with van der Waals surface area (Å²) in [5, 5.41) is 5.07. The number of hydrogen-bond acceptors (Lipinski definition) is 4. The number of thiazole rings is 1. The average molecular weight is 296 g/mol. The highest BCUT2D eigenvalue weighted by Crippen LogP contribution is 2.29. The number of nitrogens with one attached hydrogen (secondary N) is 1. The Hall–Kier alpha value is -1.27. The molecule has 1 aliphatic carbocycles. The van der Waals surface area contributed by atoms with Crippen LogP contribution in [0.15, 0.2) is 11.4 Å². The van der Waals surface area contributed by atoms with Crippen molar-refractivity contribution in [2.75, 3.05) is 5.32 Å². The van der Waals surface area contributed by atoms with Crippen LogP contribution in [0.3, 0.4) is 0 Å². The maximum Gasteiger partial charge on any atom is 0.231 e. The van der Waals surface area contributed by atoms with Crippen molar-refractivity contribution in [1.29, 1.82) is 0 Å². The minimum Gasteiger partial charge on any atom is -0.302 e. The van der Waals surface area contributed by atoms with Crippen molar-refractivity contribution in [3.63, 3.8) is 0 Å². The number of aromatic nitrogens is 1. The number of aryl methyl sites for hydroxylation is 2. The minimum atomic E-state index is -0.307. The van der Waals surface area contributed by atoms with Gasteiger partial charge >= 0.3 is 0 Å². The van der Waals surface area contributed by atoms with E-state index in [9.17, 15) is 9.18 Å². The highest BCUT2D eigenvalue weighted by atomic mass is 32.1. The zero-order valence-electron chi connectivity index (χ0n) is 10.2. The van der Waals surface area contributed by atoms with Gasteiger partial charge in [0.2, 0.25) is 5.91 Å². The van der Waals surface area contributed by atoms with Crippen LogP contribution in [0.2, 0.25) is 0 Å². The summed E-state index contributed by atoms with van der Waals surface area (Å²) < 4.78 is 13.3. The van der Waals surface area contributed by atoms with Gasteiger partial charge in [0.25, 0.3) is 0 Å². The Morgan fingerprint density at radius 3 is 3.00 bits per heavy atom. The molecule has 0 radical (unpaired) electrons. The predicted molar refractivity (Wildman–Crippen MR) is 75.4 cm³/mol. The number of carbonyl (C=O) groups excluding carboxylic acids is 1. The second-order valence-corrected chi connectivity index (χ2v) is 6.60. The molecule has 1 amide bonds. The molecule has 0 atom stereocenters. The second-order valence-electron chi connectivity index (χ2n) is 4.51. The van der Waals surface area contributed by atoms with E-state index in [1.165, 1.54) is 35.1 Å². The normalized spacial score (nSPS) is 14.2. The Balaban J connectivity index is 1.66. The number of nitrogens with zero attached hydrogens (tertiary/aromatic N) is 1. The number of rotatable bonds is 3. The molecule has 6 heteroatoms. The number of hydrogen-bond donors (Lipinski definition) is 1. The van der Waals surface area contributed by atoms with Gasteiger partial charge in [0.1, 0.15) is 5.82 Å². The lowest BCUT2D eigenvalue weighted by Crippen LogP contribution is -2.14. The standard InChI is InChI=1S/C13H13FN2OS2/c14-8-5-6-18-11(8)7-12(17)16-13-15-9-3-1-2-4-10(9)19-13/h5-6H,1-4,7H2,(H,15,16,17). The van der Waals surface area contributed by atoms with Crippen molar-refractivity contribution in [2.24, 2.45) is 0 Å². The molecule has 2 heterocycles. The average Bonchev–Trinajstić information content (AvgIpc) is 2.95. The number of carbonyl (C=O) groups is 1. The molecule has 1 aliphatic rings. The molecule has 3 rings (SSSR count). The van der Waals surface area contributed by atoms with Gasteiger partial charge in [-0.15, -0.1) is 22.7 Å². The molecule has 0 aromatic carbocycles. The van der Waals surface area contributed by atoms with E-state index in [0.717, 1.165) is 18.5 Å². The van der Waals surface area contributed by atoms with Crippen molar-refractivity contribution in [2.45, 2.75) is 32.1 Å². The highest BCUT2D eigenvalue weighted by molar-refractivity contribution is 7.15. The van der Waals surface area contributed by atoms with E-state index in [1.807, 2.05) is 0 Å². The molecule has 19 heavy (non-hydrogen) atoms. The molecule has 1 N–H and O–H groups in total. The number of halogens is 1. The summed E-state index contributed by atoms with van der Waals surface area (Å²) >= 11 is 2.81. The zero-order valence-corrected chi connectivity index (χ0v) is 11.9. The molecule has 2 aromatic heterocycles. The fourth-order valence-electron chi connectivity index (χ4n) is 2.17. The summed E-state index contributed by atoms with van der Waals surface area (Å²) in [6.07, 6.45) is 4.50. The van der Waals surface area contributed by atoms with Crippen LogP contribution in [-0.4, -0.2) is 10.9 Å². The van der Waals surface area contributed by atoms with E-state index < -0.39 is 0 Å². The van der Waals surface area contributed by atoms with Gasteiger partial charge in [-0.05, 0) is 37.1 Å². The van der Waals surface area contributed by atoms with Gasteiger partial charge in [0, 0.05) is 9.75 Å². The lowest BCUT2D eigenvalue weighted by Gasteiger charge is -2.06. The lowest BCUT2D eigenvalue weighted by atomic mass is 10.0. The first-order chi connectivity index (χ1) is 9.22. The van der Waals surface area contributed by atoms with Crippen LogP contribution in [0, 0.1) is 5.82 Å². The maximum absolute atomic E-state index is 13.3. The minimum absolute atomic E-state index is 0.0771. The Morgan fingerprint density at radius 2 is 2.26 bits per heavy atom. The molecule has 100 valence electrons. The Labute approximate surface area is 118 Å². The molecule has 0 bridgehead atoms. The van der Waals surface area contributed by atoms with Gasteiger partial charge in [-0.25, -0.2) is 9.37 Å². The molecule has 2 aromatic rings. The predicted octanol–water partition coefficient (Wildman–Crippen LogP) is 3.40. The number of anilines is 1. The summed E-state index contributed by atoms with van der Waals surface area (Å²) in [6, 6.07) is 1.38. The first kappa shape index (κ1) is 12.7. The summed E-state index contributed by atoms with van der Waals surface area (Å²) in [7, 11) is 0. The summed E-state index contributed by atoms with van der Waals surface area (Å²) in [6.45, 7) is 0. The third-order valence-electron chi connectivity index (χ3n) is 3.10. The Kier molecular flexibility index (Phi) is 3.61. The number of thiophene rings is 1. The molecule has 0 saturated carbocycles. The lowest BCUT2D eigenvalue weighted by molar-refractivity contribution is -0.115. The summed E-state index contributed by atoms with van der Waals surface area (Å²) in [5.41, 5.74) is 1.12. The largest absolute Gasteiger partial charge is 0.302 e. The van der Waals surface area contributed by atoms with Gasteiger partial charge in [0.15, 0.2) is 5.13 Å². The topological polar surface area (TPSA) is 42.0 Å². The molecule has 3 nitrogen and oxygen atoms in total. The van der Waals surface area contributed by atoms with E-state index in [4.69, 9.17) is 0 Å². The first-order valence-corrected chi connectivity index (χ1v) is 7.92. The van der Waals surface area contributed by atoms with Gasteiger partial charge in [0.05, 0.1) is 12.1 Å². The molecule has 0 unspecified atom stereocenters. The molecular weight excluding hydrogens is 283 g/mol. The molecule has 0 saturated heterocycles. The third kappa shape index (κ3) is 2.84. The van der Waals surface area contributed by atoms with Crippen LogP contribution in [0.4, 0.5) is 9.52 Å². The van der Waals surface area contributed by atoms with Gasteiger partial charge < -0.3 is 5.32 Å². The first-order valence-electron chi connectivity index (χ1n) is 6.22. The van der Waals surface area contributed by atoms with Crippen LogP contribution in [0.1, 0.15) is 28.3 Å². The molecule has 0 fully saturated rings. The van der Waals surface area contributed by atoms with Crippen LogP contribution in [0.25, 0.3) is 0 Å². The monoisotopic (exact) mass is 296 g/mol. The Morgan fingerprint density at radius 1 is 1.42 bits per heavy atom. The number of amides is 1. The third-order valence-corrected chi connectivity index (χ3v) is 5.07. The van der Waals surface area contributed by atoms with Crippen LogP contribution in [-0.2, 0) is 24.1 Å². The SMILES string of the molecule is O=C(Cc1sccc1F)Nc1nc2c(s1)CCCC2. The van der Waals surface area contributed by atoms with Gasteiger partial charge in [-0.3, -0.25) is 4.79 Å². The quantitative estimate of drug-likeness (QED) is 0.943. The van der Waals surface area contributed by atoms with Gasteiger partial charge in [-0.1, -0.05) is 0 Å². The number of fused-ring (bicyclic) bond motifs is 1. The molecule has 0 aliphatic heterocycles. The van der Waals surface area contributed by atoms with Crippen molar-refractivity contribution in [3.05, 3.63) is 32.7 Å². The van der Waals surface area contributed by atoms with Gasteiger partial charge in [-0.2, -0.15) is 0 Å².